The number of amidine groups is 1. The van der Waals surface area contributed by atoms with Crippen molar-refractivity contribution in [2.75, 3.05) is 14.2 Å². The maximum Gasteiger partial charge on any atom is 0.337 e. The SMILES string of the molecule is COC(=O)c1cccc(N=C2SC(=Cc3ccccc3OCc3ccc(Br)cc3)C(=O)N2C)c1. The summed E-state index contributed by atoms with van der Waals surface area (Å²) in [5.74, 6) is 0.0895. The molecule has 1 aliphatic rings. The number of hydrogen-bond donors (Lipinski definition) is 0. The lowest BCUT2D eigenvalue weighted by molar-refractivity contribution is -0.121. The molecule has 6 nitrogen and oxygen atoms in total. The van der Waals surface area contributed by atoms with E-state index < -0.39 is 5.97 Å². The summed E-state index contributed by atoms with van der Waals surface area (Å²) in [5, 5.41) is 0.520. The largest absolute Gasteiger partial charge is 0.488 e. The second kappa shape index (κ2) is 10.7. The third-order valence-corrected chi connectivity index (χ3v) is 6.60. The Hall–Kier alpha value is -3.36. The van der Waals surface area contributed by atoms with Crippen molar-refractivity contribution in [1.82, 2.24) is 4.90 Å². The maximum absolute atomic E-state index is 12.9. The van der Waals surface area contributed by atoms with E-state index in [-0.39, 0.29) is 5.91 Å². The Bertz CT molecular complexity index is 1290. The Kier molecular flexibility index (Phi) is 7.49. The molecule has 8 heteroatoms. The lowest BCUT2D eigenvalue weighted by Crippen LogP contribution is -2.23. The van der Waals surface area contributed by atoms with Gasteiger partial charge in [-0.3, -0.25) is 9.69 Å². The van der Waals surface area contributed by atoms with Gasteiger partial charge in [0.25, 0.3) is 5.91 Å². The molecular formula is C26H21BrN2O4S. The van der Waals surface area contributed by atoms with E-state index in [1.807, 2.05) is 54.6 Å². The number of hydrogen-bond acceptors (Lipinski definition) is 6. The minimum Gasteiger partial charge on any atom is -0.488 e. The van der Waals surface area contributed by atoms with Crippen molar-refractivity contribution < 1.29 is 19.1 Å². The van der Waals surface area contributed by atoms with Crippen LogP contribution in [0.4, 0.5) is 5.69 Å². The Morgan fingerprint density at radius 2 is 1.85 bits per heavy atom. The Morgan fingerprint density at radius 3 is 2.62 bits per heavy atom. The fourth-order valence-corrected chi connectivity index (χ4v) is 4.44. The van der Waals surface area contributed by atoms with E-state index in [0.717, 1.165) is 15.6 Å². The lowest BCUT2D eigenvalue weighted by Gasteiger charge is -2.10. The van der Waals surface area contributed by atoms with Crippen molar-refractivity contribution in [3.8, 4) is 5.75 Å². The molecule has 1 saturated heterocycles. The van der Waals surface area contributed by atoms with E-state index in [4.69, 9.17) is 9.47 Å². The van der Waals surface area contributed by atoms with Gasteiger partial charge in [0.05, 0.1) is 23.3 Å². The molecule has 34 heavy (non-hydrogen) atoms. The van der Waals surface area contributed by atoms with Crippen LogP contribution in [-0.4, -0.2) is 36.1 Å². The van der Waals surface area contributed by atoms with Gasteiger partial charge >= 0.3 is 5.97 Å². The summed E-state index contributed by atoms with van der Waals surface area (Å²) in [6.45, 7) is 0.414. The van der Waals surface area contributed by atoms with Crippen LogP contribution in [0.5, 0.6) is 5.75 Å². The molecule has 0 radical (unpaired) electrons. The standard InChI is InChI=1S/C26H21BrN2O4S/c1-29-24(30)23(34-26(29)28-21-8-5-7-19(14-21)25(31)32-2)15-18-6-3-4-9-22(18)33-16-17-10-12-20(27)13-11-17/h3-15H,16H2,1-2H3. The average molecular weight is 537 g/mol. The molecule has 0 spiro atoms. The number of esters is 1. The Balaban J connectivity index is 1.55. The zero-order chi connectivity index (χ0) is 24.1. The van der Waals surface area contributed by atoms with Gasteiger partial charge in [-0.25, -0.2) is 9.79 Å². The minimum atomic E-state index is -0.439. The van der Waals surface area contributed by atoms with Crippen LogP contribution >= 0.6 is 27.7 Å². The molecular weight excluding hydrogens is 516 g/mol. The molecule has 0 unspecified atom stereocenters. The summed E-state index contributed by atoms with van der Waals surface area (Å²) in [6.07, 6.45) is 1.81. The van der Waals surface area contributed by atoms with Crippen LogP contribution in [0.15, 0.2) is 87.2 Å². The average Bonchev–Trinajstić information content (AvgIpc) is 3.11. The highest BCUT2D eigenvalue weighted by molar-refractivity contribution is 9.10. The molecule has 0 aliphatic carbocycles. The first-order valence-electron chi connectivity index (χ1n) is 10.4. The van der Waals surface area contributed by atoms with Crippen LogP contribution in [0.25, 0.3) is 6.08 Å². The molecule has 3 aromatic carbocycles. The van der Waals surface area contributed by atoms with Gasteiger partial charge in [-0.15, -0.1) is 0 Å². The maximum atomic E-state index is 12.9. The number of halogens is 1. The van der Waals surface area contributed by atoms with Crippen molar-refractivity contribution in [2.45, 2.75) is 6.61 Å². The molecule has 0 saturated carbocycles. The highest BCUT2D eigenvalue weighted by Crippen LogP contribution is 2.35. The smallest absolute Gasteiger partial charge is 0.337 e. The molecule has 172 valence electrons. The second-order valence-corrected chi connectivity index (χ2v) is 9.29. The monoisotopic (exact) mass is 536 g/mol. The number of methoxy groups -OCH3 is 1. The van der Waals surface area contributed by atoms with E-state index >= 15 is 0 Å². The van der Waals surface area contributed by atoms with Crippen LogP contribution in [0.2, 0.25) is 0 Å². The summed E-state index contributed by atoms with van der Waals surface area (Å²) in [7, 11) is 3.01. The van der Waals surface area contributed by atoms with Gasteiger partial charge in [-0.05, 0) is 59.8 Å². The van der Waals surface area contributed by atoms with Crippen LogP contribution in [-0.2, 0) is 16.1 Å². The normalized spacial score (nSPS) is 15.7. The van der Waals surface area contributed by atoms with Crippen molar-refractivity contribution in [1.29, 1.82) is 0 Å². The lowest BCUT2D eigenvalue weighted by atomic mass is 10.2. The van der Waals surface area contributed by atoms with Gasteiger partial charge in [-0.1, -0.05) is 52.3 Å². The van der Waals surface area contributed by atoms with Crippen molar-refractivity contribution in [3.63, 3.8) is 0 Å². The van der Waals surface area contributed by atoms with Crippen molar-refractivity contribution >= 4 is 56.5 Å². The van der Waals surface area contributed by atoms with Gasteiger partial charge in [0.1, 0.15) is 12.4 Å². The fourth-order valence-electron chi connectivity index (χ4n) is 3.20. The van der Waals surface area contributed by atoms with E-state index in [1.54, 1.807) is 31.3 Å². The predicted octanol–water partition coefficient (Wildman–Crippen LogP) is 6.05. The van der Waals surface area contributed by atoms with Crippen LogP contribution in [0.1, 0.15) is 21.5 Å². The summed E-state index contributed by atoms with van der Waals surface area (Å²) in [6, 6.07) is 22.3. The summed E-state index contributed by atoms with van der Waals surface area (Å²) in [4.78, 5) is 31.3. The highest BCUT2D eigenvalue weighted by Gasteiger charge is 2.30. The number of benzene rings is 3. The van der Waals surface area contributed by atoms with Gasteiger partial charge in [0, 0.05) is 17.1 Å². The number of carbonyl (C=O) groups excluding carboxylic acids is 2. The van der Waals surface area contributed by atoms with E-state index in [0.29, 0.717) is 33.7 Å². The fraction of sp³-hybridized carbons (Fsp3) is 0.115. The third-order valence-electron chi connectivity index (χ3n) is 5.01. The molecule has 0 bridgehead atoms. The number of ether oxygens (including phenoxy) is 2. The topological polar surface area (TPSA) is 68.2 Å². The van der Waals surface area contributed by atoms with Gasteiger partial charge < -0.3 is 9.47 Å². The molecule has 1 aliphatic heterocycles. The minimum absolute atomic E-state index is 0.157. The number of rotatable bonds is 6. The second-order valence-electron chi connectivity index (χ2n) is 7.36. The van der Waals surface area contributed by atoms with E-state index in [2.05, 4.69) is 20.9 Å². The molecule has 3 aromatic rings. The Morgan fingerprint density at radius 1 is 1.09 bits per heavy atom. The van der Waals surface area contributed by atoms with E-state index in [9.17, 15) is 9.59 Å². The van der Waals surface area contributed by atoms with Crippen molar-refractivity contribution in [3.05, 3.63) is 98.9 Å². The van der Waals surface area contributed by atoms with E-state index in [1.165, 1.54) is 23.8 Å². The number of para-hydroxylation sites is 1. The molecule has 0 atom stereocenters. The number of carbonyl (C=O) groups is 2. The zero-order valence-electron chi connectivity index (χ0n) is 18.5. The van der Waals surface area contributed by atoms with Crippen molar-refractivity contribution in [2.24, 2.45) is 4.99 Å². The number of thioether (sulfide) groups is 1. The summed E-state index contributed by atoms with van der Waals surface area (Å²) in [5.41, 5.74) is 2.80. The van der Waals surface area contributed by atoms with Crippen LogP contribution in [0.3, 0.4) is 0 Å². The third kappa shape index (κ3) is 5.58. The molecule has 0 N–H and O–H groups in total. The molecule has 0 aromatic heterocycles. The van der Waals surface area contributed by atoms with Crippen LogP contribution in [0, 0.1) is 0 Å². The number of amides is 1. The van der Waals surface area contributed by atoms with Gasteiger partial charge in [-0.2, -0.15) is 0 Å². The predicted molar refractivity (Wildman–Crippen MR) is 138 cm³/mol. The molecule has 4 rings (SSSR count). The highest BCUT2D eigenvalue weighted by atomic mass is 79.9. The number of aliphatic imine (C=N–C) groups is 1. The Labute approximate surface area is 210 Å². The van der Waals surface area contributed by atoms with Crippen LogP contribution < -0.4 is 4.74 Å². The first-order chi connectivity index (χ1) is 16.4. The zero-order valence-corrected chi connectivity index (χ0v) is 20.9. The molecule has 1 fully saturated rings. The van der Waals surface area contributed by atoms with Gasteiger partial charge in [0.2, 0.25) is 0 Å². The first-order valence-corrected chi connectivity index (χ1v) is 12.0. The summed E-state index contributed by atoms with van der Waals surface area (Å²) < 4.78 is 11.8. The molecule has 1 amide bonds. The summed E-state index contributed by atoms with van der Waals surface area (Å²) >= 11 is 4.71. The number of nitrogens with zero attached hydrogens (tertiary/aromatic N) is 2. The number of likely N-dealkylation sites (N-methyl/N-ethyl adjacent to an activating group) is 1. The first kappa shape index (κ1) is 23.8. The quantitative estimate of drug-likeness (QED) is 0.283. The van der Waals surface area contributed by atoms with Gasteiger partial charge in [0.15, 0.2) is 5.17 Å². The molecule has 1 heterocycles.